The predicted molar refractivity (Wildman–Crippen MR) is 151 cm³/mol. The summed E-state index contributed by atoms with van der Waals surface area (Å²) in [5.41, 5.74) is 2.43. The van der Waals surface area contributed by atoms with Crippen molar-refractivity contribution in [3.05, 3.63) is 64.7 Å². The van der Waals surface area contributed by atoms with Gasteiger partial charge in [0.1, 0.15) is 6.04 Å². The fraction of sp³-hybridized carbons (Fsp3) is 0.500. The minimum Gasteiger partial charge on any atom is -0.352 e. The van der Waals surface area contributed by atoms with Crippen molar-refractivity contribution in [1.29, 1.82) is 0 Å². The Hall–Kier alpha value is -2.58. The molecule has 0 saturated carbocycles. The van der Waals surface area contributed by atoms with Gasteiger partial charge >= 0.3 is 0 Å². The zero-order chi connectivity index (χ0) is 27.6. The number of benzene rings is 2. The number of amides is 2. The molecule has 0 aliphatic carbocycles. The molecular formula is C28H40ClN3O4S. The van der Waals surface area contributed by atoms with Crippen LogP contribution in [0.1, 0.15) is 64.5 Å². The number of hydrogen-bond donors (Lipinski definition) is 1. The Kier molecular flexibility index (Phi) is 11.9. The number of anilines is 1. The van der Waals surface area contributed by atoms with Crippen LogP contribution in [-0.2, 0) is 32.6 Å². The minimum absolute atomic E-state index is 0.0127. The van der Waals surface area contributed by atoms with Crippen molar-refractivity contribution in [3.8, 4) is 0 Å². The molecule has 0 heterocycles. The van der Waals surface area contributed by atoms with Gasteiger partial charge in [-0.2, -0.15) is 0 Å². The van der Waals surface area contributed by atoms with Gasteiger partial charge in [0.2, 0.25) is 21.8 Å². The van der Waals surface area contributed by atoms with Gasteiger partial charge in [0.15, 0.2) is 0 Å². The van der Waals surface area contributed by atoms with Gasteiger partial charge in [-0.15, -0.1) is 0 Å². The molecule has 0 radical (unpaired) electrons. The lowest BCUT2D eigenvalue weighted by Gasteiger charge is -2.32. The third-order valence-corrected chi connectivity index (χ3v) is 8.03. The average Bonchev–Trinajstić information content (AvgIpc) is 2.86. The van der Waals surface area contributed by atoms with E-state index in [1.807, 2.05) is 58.0 Å². The first-order valence-corrected chi connectivity index (χ1v) is 15.1. The lowest BCUT2D eigenvalue weighted by molar-refractivity contribution is -0.141. The van der Waals surface area contributed by atoms with Crippen LogP contribution in [0.4, 0.5) is 5.69 Å². The van der Waals surface area contributed by atoms with E-state index in [-0.39, 0.29) is 37.4 Å². The highest BCUT2D eigenvalue weighted by atomic mass is 35.5. The molecule has 7 nitrogen and oxygen atoms in total. The van der Waals surface area contributed by atoms with Crippen molar-refractivity contribution >= 4 is 39.1 Å². The van der Waals surface area contributed by atoms with Crippen molar-refractivity contribution < 1.29 is 18.0 Å². The van der Waals surface area contributed by atoms with Crippen LogP contribution < -0.4 is 9.62 Å². The lowest BCUT2D eigenvalue weighted by Crippen LogP contribution is -2.50. The fourth-order valence-electron chi connectivity index (χ4n) is 4.07. The summed E-state index contributed by atoms with van der Waals surface area (Å²) in [6.45, 7) is 8.18. The number of sulfonamides is 1. The van der Waals surface area contributed by atoms with Crippen molar-refractivity contribution in [2.45, 2.75) is 78.4 Å². The van der Waals surface area contributed by atoms with Crippen LogP contribution in [0, 0.1) is 0 Å². The molecule has 0 aromatic heterocycles. The van der Waals surface area contributed by atoms with Crippen LogP contribution in [0.25, 0.3) is 0 Å². The van der Waals surface area contributed by atoms with E-state index in [4.69, 9.17) is 11.6 Å². The molecule has 204 valence electrons. The first kappa shape index (κ1) is 30.6. The standard InChI is InChI=1S/C28H40ClN3O4S/c1-6-21(4)30-28(34)26(8-3)31(20-23-12-9-10-13-25(23)29)27(33)14-11-19-32(37(5,35)36)24-17-15-22(7-2)16-18-24/h9-10,12-13,15-18,21,26H,6-8,11,14,19-20H2,1-5H3,(H,30,34)/t21-,26+/m0/s1. The van der Waals surface area contributed by atoms with Gasteiger partial charge in [0, 0.05) is 30.6 Å². The minimum atomic E-state index is -3.53. The maximum Gasteiger partial charge on any atom is 0.243 e. The fourth-order valence-corrected chi connectivity index (χ4v) is 5.23. The normalized spacial score (nSPS) is 13.0. The molecule has 2 aromatic rings. The van der Waals surface area contributed by atoms with E-state index in [9.17, 15) is 18.0 Å². The summed E-state index contributed by atoms with van der Waals surface area (Å²) in [5.74, 6) is -0.424. The molecule has 37 heavy (non-hydrogen) atoms. The maximum absolute atomic E-state index is 13.5. The number of nitrogens with zero attached hydrogens (tertiary/aromatic N) is 2. The summed E-state index contributed by atoms with van der Waals surface area (Å²) in [5, 5.41) is 3.51. The first-order chi connectivity index (χ1) is 17.5. The van der Waals surface area contributed by atoms with Gasteiger partial charge in [0.25, 0.3) is 0 Å². The summed E-state index contributed by atoms with van der Waals surface area (Å²) in [6, 6.07) is 14.0. The van der Waals surface area contributed by atoms with Crippen molar-refractivity contribution in [2.75, 3.05) is 17.1 Å². The van der Waals surface area contributed by atoms with Crippen LogP contribution in [0.3, 0.4) is 0 Å². The van der Waals surface area contributed by atoms with Crippen LogP contribution in [0.15, 0.2) is 48.5 Å². The van der Waals surface area contributed by atoms with E-state index < -0.39 is 16.1 Å². The highest BCUT2D eigenvalue weighted by Crippen LogP contribution is 2.22. The number of carbonyl (C=O) groups is 2. The molecule has 2 atom stereocenters. The monoisotopic (exact) mass is 549 g/mol. The molecule has 2 amide bonds. The number of carbonyl (C=O) groups excluding carboxylic acids is 2. The Bertz CT molecular complexity index is 1140. The molecule has 0 saturated heterocycles. The highest BCUT2D eigenvalue weighted by Gasteiger charge is 2.29. The van der Waals surface area contributed by atoms with E-state index in [1.165, 1.54) is 10.6 Å². The zero-order valence-corrected chi connectivity index (χ0v) is 24.1. The second-order valence-electron chi connectivity index (χ2n) is 9.31. The molecule has 2 rings (SSSR count). The maximum atomic E-state index is 13.5. The smallest absolute Gasteiger partial charge is 0.243 e. The number of nitrogens with one attached hydrogen (secondary N) is 1. The van der Waals surface area contributed by atoms with E-state index >= 15 is 0 Å². The van der Waals surface area contributed by atoms with Crippen LogP contribution in [0.5, 0.6) is 0 Å². The third-order valence-electron chi connectivity index (χ3n) is 6.47. The summed E-state index contributed by atoms with van der Waals surface area (Å²) >= 11 is 6.38. The summed E-state index contributed by atoms with van der Waals surface area (Å²) in [7, 11) is -3.53. The molecular weight excluding hydrogens is 510 g/mol. The van der Waals surface area contributed by atoms with Crippen molar-refractivity contribution in [3.63, 3.8) is 0 Å². The van der Waals surface area contributed by atoms with Gasteiger partial charge in [0.05, 0.1) is 11.9 Å². The molecule has 0 unspecified atom stereocenters. The Morgan fingerprint density at radius 1 is 1.00 bits per heavy atom. The Morgan fingerprint density at radius 3 is 2.19 bits per heavy atom. The number of halogens is 1. The van der Waals surface area contributed by atoms with Gasteiger partial charge in [-0.3, -0.25) is 13.9 Å². The molecule has 0 aliphatic heterocycles. The van der Waals surface area contributed by atoms with Crippen LogP contribution >= 0.6 is 11.6 Å². The summed E-state index contributed by atoms with van der Waals surface area (Å²) < 4.78 is 26.3. The Labute approximate surface area is 227 Å². The summed E-state index contributed by atoms with van der Waals surface area (Å²) in [6.07, 6.45) is 3.65. The molecule has 0 fully saturated rings. The zero-order valence-electron chi connectivity index (χ0n) is 22.5. The molecule has 0 spiro atoms. The van der Waals surface area contributed by atoms with Crippen molar-refractivity contribution in [2.24, 2.45) is 0 Å². The largest absolute Gasteiger partial charge is 0.352 e. The topological polar surface area (TPSA) is 86.8 Å². The Balaban J connectivity index is 2.23. The van der Waals surface area contributed by atoms with Gasteiger partial charge in [-0.25, -0.2) is 8.42 Å². The molecule has 9 heteroatoms. The number of rotatable bonds is 14. The quantitative estimate of drug-likeness (QED) is 0.352. The third kappa shape index (κ3) is 9.04. The van der Waals surface area contributed by atoms with Gasteiger partial charge in [-0.05, 0) is 61.9 Å². The van der Waals surface area contributed by atoms with E-state index in [0.717, 1.165) is 24.0 Å². The molecule has 1 N–H and O–H groups in total. The van der Waals surface area contributed by atoms with Crippen molar-refractivity contribution in [1.82, 2.24) is 10.2 Å². The highest BCUT2D eigenvalue weighted by molar-refractivity contribution is 7.92. The molecule has 0 bridgehead atoms. The average molecular weight is 550 g/mol. The lowest BCUT2D eigenvalue weighted by atomic mass is 10.1. The Morgan fingerprint density at radius 2 is 1.65 bits per heavy atom. The van der Waals surface area contributed by atoms with Crippen LogP contribution in [-0.4, -0.2) is 50.0 Å². The first-order valence-electron chi connectivity index (χ1n) is 12.9. The predicted octanol–water partition coefficient (Wildman–Crippen LogP) is 5.17. The second kappa shape index (κ2) is 14.4. The van der Waals surface area contributed by atoms with E-state index in [0.29, 0.717) is 23.6 Å². The second-order valence-corrected chi connectivity index (χ2v) is 11.6. The van der Waals surface area contributed by atoms with Gasteiger partial charge in [-0.1, -0.05) is 62.7 Å². The molecule has 2 aromatic carbocycles. The number of aryl methyl sites for hydroxylation is 1. The van der Waals surface area contributed by atoms with E-state index in [1.54, 1.807) is 23.1 Å². The van der Waals surface area contributed by atoms with Gasteiger partial charge < -0.3 is 10.2 Å². The number of hydrogen-bond acceptors (Lipinski definition) is 4. The molecule has 0 aliphatic rings. The van der Waals surface area contributed by atoms with E-state index in [2.05, 4.69) is 5.32 Å². The SMILES string of the molecule is CCc1ccc(N(CCCC(=O)N(Cc2ccccc2Cl)[C@H](CC)C(=O)N[C@@H](C)CC)S(C)(=O)=O)cc1. The summed E-state index contributed by atoms with van der Waals surface area (Å²) in [4.78, 5) is 28.2. The van der Waals surface area contributed by atoms with Crippen LogP contribution in [0.2, 0.25) is 5.02 Å².